The van der Waals surface area contributed by atoms with Crippen molar-refractivity contribution in [1.82, 2.24) is 9.97 Å². The van der Waals surface area contributed by atoms with E-state index in [1.165, 1.54) is 18.5 Å². The zero-order chi connectivity index (χ0) is 14.0. The van der Waals surface area contributed by atoms with Crippen LogP contribution in [0.4, 0.5) is 18.9 Å². The van der Waals surface area contributed by atoms with Gasteiger partial charge in [-0.1, -0.05) is 11.6 Å². The molecule has 0 aliphatic rings. The lowest BCUT2D eigenvalue weighted by Gasteiger charge is -2.14. The molecule has 0 amide bonds. The molecule has 0 bridgehead atoms. The summed E-state index contributed by atoms with van der Waals surface area (Å²) in [6, 6.07) is 3.63. The highest BCUT2D eigenvalue weighted by Gasteiger charge is 2.33. The summed E-state index contributed by atoms with van der Waals surface area (Å²) in [5.74, 6) is 0. The zero-order valence-corrected chi connectivity index (χ0v) is 10.7. The highest BCUT2D eigenvalue weighted by molar-refractivity contribution is 6.30. The Morgan fingerprint density at radius 2 is 2.11 bits per heavy atom. The van der Waals surface area contributed by atoms with Gasteiger partial charge in [0.2, 0.25) is 0 Å². The highest BCUT2D eigenvalue weighted by Crippen LogP contribution is 2.36. The fraction of sp³-hybridized carbons (Fsp3) is 0.250. The summed E-state index contributed by atoms with van der Waals surface area (Å²) >= 11 is 5.60. The molecule has 0 aliphatic heterocycles. The lowest BCUT2D eigenvalue weighted by atomic mass is 10.1. The van der Waals surface area contributed by atoms with Crippen molar-refractivity contribution >= 4 is 17.3 Å². The van der Waals surface area contributed by atoms with Crippen LogP contribution in [0.1, 0.15) is 17.0 Å². The lowest BCUT2D eigenvalue weighted by molar-refractivity contribution is -0.136. The number of hydrogen-bond donors (Lipinski definition) is 2. The Hall–Kier alpha value is -1.69. The number of halogens is 4. The van der Waals surface area contributed by atoms with Crippen molar-refractivity contribution < 1.29 is 13.2 Å². The normalized spacial score (nSPS) is 11.6. The second-order valence-corrected chi connectivity index (χ2v) is 4.45. The van der Waals surface area contributed by atoms with Crippen molar-refractivity contribution in [3.8, 4) is 0 Å². The Bertz CT molecular complexity index is 578. The van der Waals surface area contributed by atoms with Gasteiger partial charge in [0.05, 0.1) is 24.1 Å². The van der Waals surface area contributed by atoms with Crippen LogP contribution >= 0.6 is 11.6 Å². The number of H-pyrrole nitrogens is 1. The monoisotopic (exact) mass is 289 g/mol. The molecule has 0 fully saturated rings. The van der Waals surface area contributed by atoms with Gasteiger partial charge in [-0.05, 0) is 25.1 Å². The van der Waals surface area contributed by atoms with Crippen molar-refractivity contribution in [1.29, 1.82) is 0 Å². The summed E-state index contributed by atoms with van der Waals surface area (Å²) in [6.45, 7) is 2.01. The SMILES string of the molecule is Cc1[nH]cnc1CNc1ccc(Cl)cc1C(F)(F)F. The topological polar surface area (TPSA) is 40.7 Å². The van der Waals surface area contributed by atoms with Crippen molar-refractivity contribution in [3.63, 3.8) is 0 Å². The van der Waals surface area contributed by atoms with Crippen LogP contribution < -0.4 is 5.32 Å². The zero-order valence-electron chi connectivity index (χ0n) is 9.98. The first-order valence-corrected chi connectivity index (χ1v) is 5.85. The molecule has 1 aromatic heterocycles. The minimum absolute atomic E-state index is 0.0145. The van der Waals surface area contributed by atoms with Crippen molar-refractivity contribution in [2.45, 2.75) is 19.6 Å². The first-order chi connectivity index (χ1) is 8.88. The molecular formula is C12H11ClF3N3. The van der Waals surface area contributed by atoms with Crippen LogP contribution in [-0.4, -0.2) is 9.97 Å². The number of aryl methyl sites for hydroxylation is 1. The quantitative estimate of drug-likeness (QED) is 0.896. The third kappa shape index (κ3) is 3.20. The summed E-state index contributed by atoms with van der Waals surface area (Å²) in [5, 5.41) is 2.78. The average molecular weight is 290 g/mol. The van der Waals surface area contributed by atoms with E-state index in [4.69, 9.17) is 11.6 Å². The number of benzene rings is 1. The van der Waals surface area contributed by atoms with Gasteiger partial charge in [-0.15, -0.1) is 0 Å². The second-order valence-electron chi connectivity index (χ2n) is 4.02. The van der Waals surface area contributed by atoms with Crippen LogP contribution in [0.5, 0.6) is 0 Å². The minimum Gasteiger partial charge on any atom is -0.379 e. The molecule has 1 aromatic carbocycles. The van der Waals surface area contributed by atoms with Crippen molar-refractivity contribution in [2.75, 3.05) is 5.32 Å². The van der Waals surface area contributed by atoms with Gasteiger partial charge in [0, 0.05) is 16.4 Å². The number of aromatic amines is 1. The van der Waals surface area contributed by atoms with Crippen LogP contribution in [0.2, 0.25) is 5.02 Å². The smallest absolute Gasteiger partial charge is 0.379 e. The largest absolute Gasteiger partial charge is 0.418 e. The van der Waals surface area contributed by atoms with Gasteiger partial charge < -0.3 is 10.3 Å². The average Bonchev–Trinajstić information content (AvgIpc) is 2.72. The molecular weight excluding hydrogens is 279 g/mol. The summed E-state index contributed by atoms with van der Waals surface area (Å²) in [7, 11) is 0. The molecule has 0 radical (unpaired) electrons. The summed E-state index contributed by atoms with van der Waals surface area (Å²) in [4.78, 5) is 6.88. The Labute approximate surface area is 112 Å². The van der Waals surface area contributed by atoms with Crippen molar-refractivity contribution in [2.24, 2.45) is 0 Å². The van der Waals surface area contributed by atoms with Crippen LogP contribution in [0.15, 0.2) is 24.5 Å². The van der Waals surface area contributed by atoms with Crippen LogP contribution in [0, 0.1) is 6.92 Å². The number of aromatic nitrogens is 2. The van der Waals surface area contributed by atoms with E-state index in [1.807, 2.05) is 0 Å². The summed E-state index contributed by atoms with van der Waals surface area (Å²) in [5.41, 5.74) is 0.686. The predicted molar refractivity (Wildman–Crippen MR) is 67.1 cm³/mol. The third-order valence-corrected chi connectivity index (χ3v) is 2.90. The van der Waals surface area contributed by atoms with Crippen molar-refractivity contribution in [3.05, 3.63) is 46.5 Å². The van der Waals surface area contributed by atoms with E-state index in [0.29, 0.717) is 5.69 Å². The van der Waals surface area contributed by atoms with E-state index >= 15 is 0 Å². The van der Waals surface area contributed by atoms with E-state index in [9.17, 15) is 13.2 Å². The van der Waals surface area contributed by atoms with E-state index in [0.717, 1.165) is 11.8 Å². The molecule has 0 atom stereocenters. The molecule has 0 unspecified atom stereocenters. The Balaban J connectivity index is 2.23. The second kappa shape index (κ2) is 5.13. The molecule has 19 heavy (non-hydrogen) atoms. The van der Waals surface area contributed by atoms with E-state index in [1.54, 1.807) is 6.92 Å². The minimum atomic E-state index is -4.45. The van der Waals surface area contributed by atoms with Gasteiger partial charge in [0.1, 0.15) is 0 Å². The fourth-order valence-electron chi connectivity index (χ4n) is 1.65. The number of rotatable bonds is 3. The Kier molecular flexibility index (Phi) is 3.71. The number of imidazole rings is 1. The van der Waals surface area contributed by atoms with Crippen LogP contribution in [0.25, 0.3) is 0 Å². The summed E-state index contributed by atoms with van der Waals surface area (Å²) < 4.78 is 38.6. The third-order valence-electron chi connectivity index (χ3n) is 2.67. The molecule has 102 valence electrons. The van der Waals surface area contributed by atoms with E-state index in [-0.39, 0.29) is 17.3 Å². The molecule has 7 heteroatoms. The number of nitrogens with one attached hydrogen (secondary N) is 2. The predicted octanol–water partition coefficient (Wildman–Crippen LogP) is 4.00. The maximum Gasteiger partial charge on any atom is 0.418 e. The maximum absolute atomic E-state index is 12.9. The summed E-state index contributed by atoms with van der Waals surface area (Å²) in [6.07, 6.45) is -2.95. The molecule has 1 heterocycles. The molecule has 2 N–H and O–H groups in total. The van der Waals surface area contributed by atoms with Crippen LogP contribution in [0.3, 0.4) is 0 Å². The Morgan fingerprint density at radius 1 is 1.37 bits per heavy atom. The van der Waals surface area contributed by atoms with Gasteiger partial charge in [-0.2, -0.15) is 13.2 Å². The number of nitrogens with zero attached hydrogens (tertiary/aromatic N) is 1. The van der Waals surface area contributed by atoms with Gasteiger partial charge >= 0.3 is 6.18 Å². The molecule has 2 rings (SSSR count). The number of hydrogen-bond acceptors (Lipinski definition) is 2. The standard InChI is InChI=1S/C12H11ClF3N3/c1-7-11(19-6-18-7)5-17-10-3-2-8(13)4-9(10)12(14,15)16/h2-4,6,17H,5H2,1H3,(H,18,19). The van der Waals surface area contributed by atoms with E-state index < -0.39 is 11.7 Å². The van der Waals surface area contributed by atoms with Gasteiger partial charge in [-0.3, -0.25) is 0 Å². The lowest BCUT2D eigenvalue weighted by Crippen LogP contribution is -2.11. The first-order valence-electron chi connectivity index (χ1n) is 5.47. The molecule has 3 nitrogen and oxygen atoms in total. The fourth-order valence-corrected chi connectivity index (χ4v) is 1.82. The van der Waals surface area contributed by atoms with Gasteiger partial charge in [0.25, 0.3) is 0 Å². The van der Waals surface area contributed by atoms with E-state index in [2.05, 4.69) is 15.3 Å². The number of alkyl halides is 3. The molecule has 0 spiro atoms. The molecule has 0 aliphatic carbocycles. The highest BCUT2D eigenvalue weighted by atomic mass is 35.5. The van der Waals surface area contributed by atoms with Crippen LogP contribution in [-0.2, 0) is 12.7 Å². The number of anilines is 1. The maximum atomic E-state index is 12.9. The Morgan fingerprint density at radius 3 is 2.68 bits per heavy atom. The first kappa shape index (κ1) is 13.7. The molecule has 2 aromatic rings. The van der Waals surface area contributed by atoms with Gasteiger partial charge in [-0.25, -0.2) is 4.98 Å². The molecule has 0 saturated heterocycles. The molecule has 0 saturated carbocycles. The van der Waals surface area contributed by atoms with Gasteiger partial charge in [0.15, 0.2) is 0 Å².